The molecule has 0 bridgehead atoms. The predicted octanol–water partition coefficient (Wildman–Crippen LogP) is 12.4. The van der Waals surface area contributed by atoms with Crippen LogP contribution in [0.5, 0.6) is 0 Å². The van der Waals surface area contributed by atoms with E-state index in [1.54, 1.807) is 0 Å². The van der Waals surface area contributed by atoms with Gasteiger partial charge in [-0.3, -0.25) is 0 Å². The van der Waals surface area contributed by atoms with Gasteiger partial charge in [0.1, 0.15) is 0 Å². The van der Waals surface area contributed by atoms with E-state index in [4.69, 9.17) is 0 Å². The molecular weight excluding hydrogens is 610 g/mol. The Balaban J connectivity index is 1.28. The van der Waals surface area contributed by atoms with Gasteiger partial charge in [0.15, 0.2) is 0 Å². The fourth-order valence-corrected chi connectivity index (χ4v) is 8.60. The van der Waals surface area contributed by atoms with Crippen LogP contribution in [0.15, 0.2) is 138 Å². The lowest BCUT2D eigenvalue weighted by atomic mass is 9.81. The van der Waals surface area contributed by atoms with Crippen molar-refractivity contribution in [3.63, 3.8) is 0 Å². The Bertz CT molecular complexity index is 2660. The molecule has 9 aromatic rings. The monoisotopic (exact) mass is 637 g/mol. The van der Waals surface area contributed by atoms with Crippen molar-refractivity contribution in [3.8, 4) is 27.9 Å². The van der Waals surface area contributed by atoms with E-state index in [1.807, 2.05) is 0 Å². The van der Waals surface area contributed by atoms with Crippen LogP contribution < -0.4 is 0 Å². The summed E-state index contributed by atoms with van der Waals surface area (Å²) < 4.78 is 3.58. The molecule has 0 radical (unpaired) electrons. The van der Waals surface area contributed by atoms with Gasteiger partial charge in [-0.05, 0) is 114 Å². The molecule has 0 spiro atoms. The summed E-state index contributed by atoms with van der Waals surface area (Å²) in [6, 6.07) is 49.9. The van der Waals surface area contributed by atoms with Crippen LogP contribution in [0, 0.1) is 0 Å². The number of para-hydroxylation sites is 1. The second-order valence-corrected chi connectivity index (χ2v) is 14.0. The number of halogens is 1. The van der Waals surface area contributed by atoms with Crippen molar-refractivity contribution in [1.82, 2.24) is 4.57 Å². The Morgan fingerprint density at radius 3 is 2.00 bits per heavy atom. The van der Waals surface area contributed by atoms with Crippen molar-refractivity contribution < 1.29 is 0 Å². The van der Waals surface area contributed by atoms with Crippen LogP contribution in [0.4, 0.5) is 0 Å². The van der Waals surface area contributed by atoms with Gasteiger partial charge >= 0.3 is 0 Å². The summed E-state index contributed by atoms with van der Waals surface area (Å²) in [5, 5.41) is 10.5. The number of hydrogen-bond acceptors (Lipinski definition) is 0. The van der Waals surface area contributed by atoms with Crippen molar-refractivity contribution >= 4 is 70.1 Å². The molecule has 10 rings (SSSR count). The minimum absolute atomic E-state index is 0.0649. The summed E-state index contributed by atoms with van der Waals surface area (Å²) in [7, 11) is 0. The molecule has 0 N–H and O–H groups in total. The maximum absolute atomic E-state index is 3.71. The zero-order valence-electron chi connectivity index (χ0n) is 25.0. The normalized spacial score (nSPS) is 13.8. The Morgan fingerprint density at radius 2 is 1.18 bits per heavy atom. The molecule has 1 aromatic heterocycles. The molecule has 0 aliphatic heterocycles. The van der Waals surface area contributed by atoms with Crippen LogP contribution in [0.3, 0.4) is 0 Å². The molecule has 45 heavy (non-hydrogen) atoms. The van der Waals surface area contributed by atoms with Crippen molar-refractivity contribution in [2.75, 3.05) is 0 Å². The van der Waals surface area contributed by atoms with E-state index in [1.165, 1.54) is 93.2 Å². The van der Waals surface area contributed by atoms with Crippen molar-refractivity contribution in [2.24, 2.45) is 0 Å². The van der Waals surface area contributed by atoms with Crippen LogP contribution in [-0.2, 0) is 5.41 Å². The van der Waals surface area contributed by atoms with Crippen LogP contribution >= 0.6 is 15.9 Å². The quantitative estimate of drug-likeness (QED) is 0.166. The predicted molar refractivity (Wildman–Crippen MR) is 195 cm³/mol. The summed E-state index contributed by atoms with van der Waals surface area (Å²) in [6.07, 6.45) is 0. The molecule has 212 valence electrons. The van der Waals surface area contributed by atoms with E-state index in [0.717, 1.165) is 4.47 Å². The number of fused-ring (bicyclic) bond motifs is 7. The number of aromatic nitrogens is 1. The lowest BCUT2D eigenvalue weighted by Crippen LogP contribution is -2.15. The number of benzene rings is 8. The molecular formula is C43H28BrN. The molecule has 0 saturated carbocycles. The minimum Gasteiger partial charge on any atom is -0.309 e. The van der Waals surface area contributed by atoms with Gasteiger partial charge in [0.2, 0.25) is 0 Å². The highest BCUT2D eigenvalue weighted by Crippen LogP contribution is 2.51. The van der Waals surface area contributed by atoms with Gasteiger partial charge < -0.3 is 4.57 Å². The summed E-state index contributed by atoms with van der Waals surface area (Å²) in [6.45, 7) is 4.71. The van der Waals surface area contributed by atoms with Gasteiger partial charge in [0.05, 0.1) is 11.0 Å². The van der Waals surface area contributed by atoms with Crippen molar-refractivity contribution in [2.45, 2.75) is 19.3 Å². The third-order valence-electron chi connectivity index (χ3n) is 10.4. The zero-order chi connectivity index (χ0) is 30.0. The average molecular weight is 639 g/mol. The largest absolute Gasteiger partial charge is 0.309 e. The molecule has 1 aliphatic carbocycles. The molecule has 2 heteroatoms. The van der Waals surface area contributed by atoms with Gasteiger partial charge in [0.25, 0.3) is 0 Å². The third-order valence-corrected chi connectivity index (χ3v) is 10.9. The second-order valence-electron chi connectivity index (χ2n) is 13.1. The van der Waals surface area contributed by atoms with E-state index < -0.39 is 0 Å². The molecule has 1 nitrogen and oxygen atoms in total. The van der Waals surface area contributed by atoms with Gasteiger partial charge in [0, 0.05) is 26.3 Å². The Hall–Kier alpha value is -4.92. The molecule has 0 unspecified atom stereocenters. The SMILES string of the molecule is CC1(C)c2cc(Br)ccc2-c2ccc(-c3ccc4c(c3)c3c5ccc6cccc7ccc(cc3n4-c3ccccc3)c5c76)cc21. The zero-order valence-corrected chi connectivity index (χ0v) is 26.6. The fourth-order valence-electron chi connectivity index (χ4n) is 8.24. The van der Waals surface area contributed by atoms with Crippen LogP contribution in [-0.4, -0.2) is 4.57 Å². The Morgan fingerprint density at radius 1 is 0.489 bits per heavy atom. The molecule has 0 atom stereocenters. The van der Waals surface area contributed by atoms with E-state index in [-0.39, 0.29) is 5.41 Å². The summed E-state index contributed by atoms with van der Waals surface area (Å²) in [5.41, 5.74) is 11.6. The topological polar surface area (TPSA) is 4.93 Å². The van der Waals surface area contributed by atoms with Gasteiger partial charge in [-0.2, -0.15) is 0 Å². The summed E-state index contributed by atoms with van der Waals surface area (Å²) in [5.74, 6) is 0. The first-order valence-electron chi connectivity index (χ1n) is 15.6. The first-order chi connectivity index (χ1) is 22.0. The Labute approximate surface area is 269 Å². The maximum atomic E-state index is 3.71. The molecule has 8 aromatic carbocycles. The molecule has 0 saturated heterocycles. The van der Waals surface area contributed by atoms with Gasteiger partial charge in [-0.15, -0.1) is 0 Å². The molecule has 1 heterocycles. The van der Waals surface area contributed by atoms with E-state index in [2.05, 4.69) is 168 Å². The van der Waals surface area contributed by atoms with Crippen molar-refractivity contribution in [1.29, 1.82) is 0 Å². The average Bonchev–Trinajstić information content (AvgIpc) is 3.51. The van der Waals surface area contributed by atoms with Gasteiger partial charge in [-0.25, -0.2) is 0 Å². The molecule has 0 amide bonds. The lowest BCUT2D eigenvalue weighted by molar-refractivity contribution is 0.660. The highest BCUT2D eigenvalue weighted by molar-refractivity contribution is 9.10. The molecule has 0 fully saturated rings. The van der Waals surface area contributed by atoms with E-state index in [0.29, 0.717) is 0 Å². The maximum Gasteiger partial charge on any atom is 0.0553 e. The smallest absolute Gasteiger partial charge is 0.0553 e. The second kappa shape index (κ2) is 8.84. The fraction of sp³-hybridized carbons (Fsp3) is 0.0698. The summed E-state index contributed by atoms with van der Waals surface area (Å²) >= 11 is 3.71. The van der Waals surface area contributed by atoms with Gasteiger partial charge in [-0.1, -0.05) is 115 Å². The van der Waals surface area contributed by atoms with E-state index in [9.17, 15) is 0 Å². The van der Waals surface area contributed by atoms with Crippen molar-refractivity contribution in [3.05, 3.63) is 149 Å². The highest BCUT2D eigenvalue weighted by Gasteiger charge is 2.35. The standard InChI is InChI=1S/C43H28BrN/c1-43(2)36-22-28(14-17-32(36)33-19-16-30(44)24-37(33)43)27-15-20-38-35(21-27)42-34-18-13-26-8-6-7-25-11-12-29(41(34)40(25)26)23-39(42)45(38)31-9-4-3-5-10-31/h3-24H,1-2H3. The first kappa shape index (κ1) is 25.4. The highest BCUT2D eigenvalue weighted by atomic mass is 79.9. The third kappa shape index (κ3) is 3.38. The van der Waals surface area contributed by atoms with Crippen LogP contribution in [0.1, 0.15) is 25.0 Å². The Kier molecular flexibility index (Phi) is 4.99. The van der Waals surface area contributed by atoms with E-state index >= 15 is 0 Å². The first-order valence-corrected chi connectivity index (χ1v) is 16.4. The number of nitrogens with zero attached hydrogens (tertiary/aromatic N) is 1. The number of hydrogen-bond donors (Lipinski definition) is 0. The lowest BCUT2D eigenvalue weighted by Gasteiger charge is -2.22. The van der Waals surface area contributed by atoms with Crippen LogP contribution in [0.2, 0.25) is 0 Å². The minimum atomic E-state index is -0.0649. The summed E-state index contributed by atoms with van der Waals surface area (Å²) in [4.78, 5) is 0. The number of rotatable bonds is 2. The molecule has 1 aliphatic rings. The van der Waals surface area contributed by atoms with Crippen LogP contribution in [0.25, 0.3) is 82.1 Å².